The number of hydrogen-bond acceptors (Lipinski definition) is 6. The molecule has 0 aromatic carbocycles. The van der Waals surface area contributed by atoms with Crippen LogP contribution in [0.15, 0.2) is 17.1 Å². The van der Waals surface area contributed by atoms with Crippen LogP contribution in [0.3, 0.4) is 0 Å². The van der Waals surface area contributed by atoms with E-state index < -0.39 is 8.80 Å². The first-order valence-electron chi connectivity index (χ1n) is 7.45. The predicted octanol–water partition coefficient (Wildman–Crippen LogP) is 0.963. The maximum absolute atomic E-state index is 5.49. The lowest BCUT2D eigenvalue weighted by atomic mass is 9.91. The van der Waals surface area contributed by atoms with Crippen molar-refractivity contribution in [1.82, 2.24) is 5.32 Å². The first-order valence-corrected chi connectivity index (χ1v) is 9.38. The summed E-state index contributed by atoms with van der Waals surface area (Å²) in [6.07, 6.45) is 9.00. The summed E-state index contributed by atoms with van der Waals surface area (Å²) in [7, 11) is 2.48. The lowest BCUT2D eigenvalue weighted by Gasteiger charge is -2.28. The number of nitrogens with one attached hydrogen (secondary N) is 1. The maximum atomic E-state index is 5.49. The Balaban J connectivity index is 2.45. The first kappa shape index (κ1) is 18.5. The number of allylic oxidation sites excluding steroid dienone is 1. The number of aliphatic imine (C=N–C) groups is 1. The highest BCUT2D eigenvalue weighted by Gasteiger charge is 2.38. The number of nitrogens with two attached hydrogens (primary N) is 1. The molecule has 1 heterocycles. The van der Waals surface area contributed by atoms with Crippen molar-refractivity contribution < 1.29 is 13.3 Å². The molecule has 0 saturated carbocycles. The fraction of sp³-hybridized carbons (Fsp3) is 0.786. The summed E-state index contributed by atoms with van der Waals surface area (Å²) in [4.78, 5) is 4.65. The molecule has 0 bridgehead atoms. The van der Waals surface area contributed by atoms with Crippen molar-refractivity contribution in [2.24, 2.45) is 10.7 Å². The molecule has 0 spiro atoms. The Morgan fingerprint density at radius 2 is 1.86 bits per heavy atom. The number of rotatable bonds is 12. The highest BCUT2D eigenvalue weighted by atomic mass is 28.4. The third-order valence-electron chi connectivity index (χ3n) is 3.91. The van der Waals surface area contributed by atoms with Crippen LogP contribution >= 0.6 is 0 Å². The minimum atomic E-state index is -2.47. The van der Waals surface area contributed by atoms with Crippen molar-refractivity contribution in [1.29, 1.82) is 0 Å². The fourth-order valence-electron chi connectivity index (χ4n) is 2.58. The molecule has 7 heteroatoms. The van der Waals surface area contributed by atoms with Gasteiger partial charge in [0.15, 0.2) is 0 Å². The monoisotopic (exact) mass is 315 g/mol. The topological polar surface area (TPSA) is 78.1 Å². The van der Waals surface area contributed by atoms with Crippen LogP contribution in [0.2, 0.25) is 6.04 Å². The van der Waals surface area contributed by atoms with E-state index in [-0.39, 0.29) is 5.54 Å². The Kier molecular flexibility index (Phi) is 8.31. The fourth-order valence-corrected chi connectivity index (χ4v) is 4.30. The zero-order valence-corrected chi connectivity index (χ0v) is 14.4. The van der Waals surface area contributed by atoms with Gasteiger partial charge in [0.25, 0.3) is 0 Å². The first-order chi connectivity index (χ1) is 10.2. The van der Waals surface area contributed by atoms with Gasteiger partial charge in [-0.05, 0) is 31.9 Å². The molecule has 1 unspecified atom stereocenters. The molecule has 0 saturated heterocycles. The van der Waals surface area contributed by atoms with Crippen LogP contribution in [-0.4, -0.2) is 61.5 Å². The van der Waals surface area contributed by atoms with Crippen molar-refractivity contribution in [2.75, 3.05) is 41.0 Å². The molecule has 0 aromatic rings. The lowest BCUT2D eigenvalue weighted by Crippen LogP contribution is -2.43. The summed E-state index contributed by atoms with van der Waals surface area (Å²) in [6.45, 7) is 2.42. The van der Waals surface area contributed by atoms with Crippen LogP contribution in [-0.2, 0) is 13.3 Å². The van der Waals surface area contributed by atoms with Gasteiger partial charge in [0, 0.05) is 46.7 Å². The molecule has 0 aliphatic carbocycles. The zero-order chi connectivity index (χ0) is 15.6. The van der Waals surface area contributed by atoms with E-state index in [1.807, 2.05) is 12.3 Å². The number of nitrogens with zero attached hydrogens (tertiary/aromatic N) is 1. The Morgan fingerprint density at radius 3 is 2.38 bits per heavy atom. The second kappa shape index (κ2) is 9.45. The van der Waals surface area contributed by atoms with Crippen molar-refractivity contribution in [3.05, 3.63) is 12.2 Å². The van der Waals surface area contributed by atoms with E-state index in [1.165, 1.54) is 0 Å². The van der Waals surface area contributed by atoms with E-state index in [9.17, 15) is 0 Å². The van der Waals surface area contributed by atoms with Crippen molar-refractivity contribution in [3.8, 4) is 0 Å². The smallest absolute Gasteiger partial charge is 0.377 e. The van der Waals surface area contributed by atoms with E-state index in [0.29, 0.717) is 6.54 Å². The quantitative estimate of drug-likeness (QED) is 0.414. The minimum Gasteiger partial charge on any atom is -0.377 e. The third kappa shape index (κ3) is 5.61. The lowest BCUT2D eigenvalue weighted by molar-refractivity contribution is 0.122. The largest absolute Gasteiger partial charge is 0.500 e. The van der Waals surface area contributed by atoms with Crippen LogP contribution < -0.4 is 11.1 Å². The molecule has 1 aliphatic heterocycles. The Labute approximate surface area is 129 Å². The van der Waals surface area contributed by atoms with Gasteiger partial charge in [-0.3, -0.25) is 4.99 Å². The number of hydrogen-bond donors (Lipinski definition) is 2. The van der Waals surface area contributed by atoms with Gasteiger partial charge in [0.2, 0.25) is 0 Å². The van der Waals surface area contributed by atoms with Gasteiger partial charge < -0.3 is 24.3 Å². The normalized spacial score (nSPS) is 21.3. The van der Waals surface area contributed by atoms with Crippen LogP contribution in [0.5, 0.6) is 0 Å². The van der Waals surface area contributed by atoms with Crippen LogP contribution in [0.4, 0.5) is 0 Å². The standard InChI is InChI=1S/C14H29N3O3Si/c1-18-21(19-2,20-3)13-5-7-14(6-4-10-17-14)8-11-16-12-9-15/h4,6,10,16H,5,7-9,11-13,15H2,1-3H3. The second-order valence-corrected chi connectivity index (χ2v) is 8.27. The highest BCUT2D eigenvalue weighted by Crippen LogP contribution is 2.29. The maximum Gasteiger partial charge on any atom is 0.500 e. The summed E-state index contributed by atoms with van der Waals surface area (Å²) >= 11 is 0. The molecule has 6 nitrogen and oxygen atoms in total. The highest BCUT2D eigenvalue weighted by molar-refractivity contribution is 6.60. The second-order valence-electron chi connectivity index (χ2n) is 5.18. The molecule has 21 heavy (non-hydrogen) atoms. The summed E-state index contributed by atoms with van der Waals surface area (Å²) in [5.74, 6) is 0. The van der Waals surface area contributed by atoms with Crippen LogP contribution in [0.25, 0.3) is 0 Å². The Bertz CT molecular complexity index is 326. The molecule has 122 valence electrons. The van der Waals surface area contributed by atoms with Gasteiger partial charge in [-0.1, -0.05) is 6.08 Å². The molecule has 0 fully saturated rings. The SMILES string of the molecule is CO[Si](CCCC1(CCNCCN)C=CC=N1)(OC)OC. The summed E-state index contributed by atoms with van der Waals surface area (Å²) < 4.78 is 16.4. The molecule has 1 atom stereocenters. The van der Waals surface area contributed by atoms with Gasteiger partial charge in [-0.2, -0.15) is 0 Å². The van der Waals surface area contributed by atoms with Gasteiger partial charge in [-0.25, -0.2) is 0 Å². The average Bonchev–Trinajstić information content (AvgIpc) is 2.98. The van der Waals surface area contributed by atoms with E-state index in [1.54, 1.807) is 21.3 Å². The van der Waals surface area contributed by atoms with Crippen molar-refractivity contribution >= 4 is 15.0 Å². The zero-order valence-electron chi connectivity index (χ0n) is 13.4. The molecular formula is C14H29N3O3Si. The minimum absolute atomic E-state index is 0.100. The van der Waals surface area contributed by atoms with Crippen molar-refractivity contribution in [3.63, 3.8) is 0 Å². The third-order valence-corrected chi connectivity index (χ3v) is 6.74. The van der Waals surface area contributed by atoms with Crippen LogP contribution in [0.1, 0.15) is 19.3 Å². The van der Waals surface area contributed by atoms with E-state index in [4.69, 9.17) is 19.0 Å². The van der Waals surface area contributed by atoms with E-state index in [0.717, 1.165) is 38.4 Å². The molecule has 3 N–H and O–H groups in total. The molecular weight excluding hydrogens is 286 g/mol. The predicted molar refractivity (Wildman–Crippen MR) is 87.7 cm³/mol. The van der Waals surface area contributed by atoms with Crippen LogP contribution in [0, 0.1) is 0 Å². The van der Waals surface area contributed by atoms with Gasteiger partial charge in [0.05, 0.1) is 5.54 Å². The molecule has 0 amide bonds. The van der Waals surface area contributed by atoms with Gasteiger partial charge in [0.1, 0.15) is 0 Å². The summed E-state index contributed by atoms with van der Waals surface area (Å²) in [6, 6.07) is 0.803. The van der Waals surface area contributed by atoms with Gasteiger partial charge in [-0.15, -0.1) is 0 Å². The Hall–Kier alpha value is -0.573. The molecule has 1 aliphatic rings. The average molecular weight is 315 g/mol. The summed E-state index contributed by atoms with van der Waals surface area (Å²) in [5.41, 5.74) is 5.39. The van der Waals surface area contributed by atoms with E-state index in [2.05, 4.69) is 16.4 Å². The van der Waals surface area contributed by atoms with Crippen molar-refractivity contribution in [2.45, 2.75) is 30.8 Å². The summed E-state index contributed by atoms with van der Waals surface area (Å²) in [5, 5.41) is 3.33. The Morgan fingerprint density at radius 1 is 1.14 bits per heavy atom. The molecule has 1 rings (SSSR count). The molecule has 0 aromatic heterocycles. The van der Waals surface area contributed by atoms with E-state index >= 15 is 0 Å². The molecule has 0 radical (unpaired) electrons. The van der Waals surface area contributed by atoms with Gasteiger partial charge >= 0.3 is 8.80 Å².